The fourth-order valence-electron chi connectivity index (χ4n) is 2.53. The molecule has 0 atom stereocenters. The van der Waals surface area contributed by atoms with Crippen molar-refractivity contribution in [1.29, 1.82) is 0 Å². The molecule has 0 fully saturated rings. The number of amides is 2. The lowest BCUT2D eigenvalue weighted by atomic mass is 10.3. The Hall–Kier alpha value is -2.29. The number of anilines is 1. The van der Waals surface area contributed by atoms with Gasteiger partial charge >= 0.3 is 5.69 Å². The molecular weight excluding hydrogens is 375 g/mol. The molecule has 1 aromatic carbocycles. The van der Waals surface area contributed by atoms with Gasteiger partial charge in [-0.2, -0.15) is 0 Å². The number of halogens is 2. The van der Waals surface area contributed by atoms with Gasteiger partial charge in [0.25, 0.3) is 11.8 Å². The Kier molecular flexibility index (Phi) is 3.24. The van der Waals surface area contributed by atoms with Crippen molar-refractivity contribution in [2.75, 3.05) is 4.90 Å². The van der Waals surface area contributed by atoms with Gasteiger partial charge in [-0.05, 0) is 25.1 Å². The lowest BCUT2D eigenvalue weighted by Gasteiger charge is -2.16. The molecule has 0 saturated carbocycles. The molecule has 10 heteroatoms. The van der Waals surface area contributed by atoms with Crippen LogP contribution in [0, 0.1) is 6.92 Å². The van der Waals surface area contributed by atoms with E-state index in [2.05, 4.69) is 10.2 Å². The SMILES string of the molecule is Cc1nnc(=O)n2c3c(sc12)C(=O)N(c1cc(Cl)ccc1Cl)C3=O. The molecule has 2 amide bonds. The molecular formula is C14H6Cl2N4O3S. The molecule has 1 aliphatic rings. The maximum Gasteiger partial charge on any atom is 0.372 e. The molecule has 3 heterocycles. The van der Waals surface area contributed by atoms with Crippen LogP contribution in [0.1, 0.15) is 25.9 Å². The van der Waals surface area contributed by atoms with Crippen LogP contribution in [0.4, 0.5) is 5.69 Å². The number of carbonyl (C=O) groups is 2. The third-order valence-electron chi connectivity index (χ3n) is 3.58. The molecule has 0 radical (unpaired) electrons. The first-order valence-corrected chi connectivity index (χ1v) is 8.20. The topological polar surface area (TPSA) is 84.6 Å². The van der Waals surface area contributed by atoms with Gasteiger partial charge in [0.05, 0.1) is 16.4 Å². The summed E-state index contributed by atoms with van der Waals surface area (Å²) in [7, 11) is 0. The summed E-state index contributed by atoms with van der Waals surface area (Å²) >= 11 is 13.1. The summed E-state index contributed by atoms with van der Waals surface area (Å²) in [6.07, 6.45) is 0. The van der Waals surface area contributed by atoms with Crippen molar-refractivity contribution in [3.63, 3.8) is 0 Å². The van der Waals surface area contributed by atoms with Gasteiger partial charge in [0, 0.05) is 5.02 Å². The van der Waals surface area contributed by atoms with E-state index in [1.807, 2.05) is 0 Å². The highest BCUT2D eigenvalue weighted by atomic mass is 35.5. The van der Waals surface area contributed by atoms with Gasteiger partial charge in [0.2, 0.25) is 0 Å². The zero-order valence-electron chi connectivity index (χ0n) is 11.9. The molecule has 2 aromatic heterocycles. The van der Waals surface area contributed by atoms with Crippen LogP contribution in [0.3, 0.4) is 0 Å². The van der Waals surface area contributed by atoms with Crippen molar-refractivity contribution in [3.05, 3.63) is 55.0 Å². The van der Waals surface area contributed by atoms with Gasteiger partial charge in [-0.1, -0.05) is 28.3 Å². The smallest absolute Gasteiger partial charge is 0.267 e. The highest BCUT2D eigenvalue weighted by Crippen LogP contribution is 2.38. The third-order valence-corrected chi connectivity index (χ3v) is 5.38. The van der Waals surface area contributed by atoms with Crippen molar-refractivity contribution in [2.24, 2.45) is 0 Å². The molecule has 0 bridgehead atoms. The van der Waals surface area contributed by atoms with E-state index in [9.17, 15) is 14.4 Å². The van der Waals surface area contributed by atoms with E-state index in [0.29, 0.717) is 15.5 Å². The number of thiazole rings is 1. The van der Waals surface area contributed by atoms with E-state index in [-0.39, 0.29) is 21.3 Å². The van der Waals surface area contributed by atoms with Crippen LogP contribution < -0.4 is 10.6 Å². The van der Waals surface area contributed by atoms with Gasteiger partial charge in [-0.15, -0.1) is 16.4 Å². The summed E-state index contributed by atoms with van der Waals surface area (Å²) in [6.45, 7) is 1.65. The molecule has 0 spiro atoms. The summed E-state index contributed by atoms with van der Waals surface area (Å²) in [6, 6.07) is 4.46. The number of rotatable bonds is 1. The lowest BCUT2D eigenvalue weighted by Crippen LogP contribution is -2.31. The number of benzene rings is 1. The van der Waals surface area contributed by atoms with Crippen LogP contribution in [0.2, 0.25) is 10.0 Å². The average molecular weight is 381 g/mol. The van der Waals surface area contributed by atoms with E-state index in [1.54, 1.807) is 13.0 Å². The van der Waals surface area contributed by atoms with Gasteiger partial charge in [0.15, 0.2) is 0 Å². The summed E-state index contributed by atoms with van der Waals surface area (Å²) in [5.41, 5.74) is -0.114. The molecule has 1 aliphatic heterocycles. The molecule has 0 N–H and O–H groups in total. The van der Waals surface area contributed by atoms with Crippen LogP contribution in [0.25, 0.3) is 4.83 Å². The predicted octanol–water partition coefficient (Wildman–Crippen LogP) is 2.57. The van der Waals surface area contributed by atoms with Crippen LogP contribution in [0.5, 0.6) is 0 Å². The Morgan fingerprint density at radius 1 is 1.08 bits per heavy atom. The fraction of sp³-hybridized carbons (Fsp3) is 0.0714. The molecule has 24 heavy (non-hydrogen) atoms. The number of nitrogens with zero attached hydrogens (tertiary/aromatic N) is 4. The summed E-state index contributed by atoms with van der Waals surface area (Å²) in [5.74, 6) is -1.22. The van der Waals surface area contributed by atoms with Crippen molar-refractivity contribution >= 4 is 56.9 Å². The van der Waals surface area contributed by atoms with E-state index in [4.69, 9.17) is 23.2 Å². The molecule has 3 aromatic rings. The second-order valence-electron chi connectivity index (χ2n) is 5.03. The Balaban J connectivity index is 1.99. The fourth-order valence-corrected chi connectivity index (χ4v) is 4.00. The van der Waals surface area contributed by atoms with Crippen molar-refractivity contribution in [2.45, 2.75) is 6.92 Å². The number of aromatic nitrogens is 3. The number of imide groups is 1. The Morgan fingerprint density at radius 2 is 1.83 bits per heavy atom. The number of hydrogen-bond acceptors (Lipinski definition) is 6. The van der Waals surface area contributed by atoms with Crippen molar-refractivity contribution in [3.8, 4) is 0 Å². The summed E-state index contributed by atoms with van der Waals surface area (Å²) in [5, 5.41) is 7.73. The first kappa shape index (κ1) is 15.3. The maximum atomic E-state index is 12.8. The standard InChI is InChI=1S/C14H6Cl2N4O3S/c1-5-13-20(14(23)18-17-5)9-10(24-13)12(22)19(11(9)21)8-4-6(15)2-3-7(8)16/h2-4H,1H3. The molecule has 120 valence electrons. The lowest BCUT2D eigenvalue weighted by molar-refractivity contribution is 0.0925. The minimum atomic E-state index is -0.715. The highest BCUT2D eigenvalue weighted by Gasteiger charge is 2.42. The minimum absolute atomic E-state index is 0.0287. The van der Waals surface area contributed by atoms with Crippen molar-refractivity contribution < 1.29 is 9.59 Å². The van der Waals surface area contributed by atoms with Crippen molar-refractivity contribution in [1.82, 2.24) is 14.6 Å². The summed E-state index contributed by atoms with van der Waals surface area (Å²) < 4.78 is 1.11. The van der Waals surface area contributed by atoms with Gasteiger partial charge in [0.1, 0.15) is 15.4 Å². The van der Waals surface area contributed by atoms with Gasteiger partial charge < -0.3 is 0 Å². The van der Waals surface area contributed by atoms with E-state index in [1.165, 1.54) is 12.1 Å². The normalized spacial score (nSPS) is 13.9. The first-order valence-electron chi connectivity index (χ1n) is 6.63. The number of hydrogen-bond donors (Lipinski definition) is 0. The van der Waals surface area contributed by atoms with E-state index < -0.39 is 17.5 Å². The third kappa shape index (κ3) is 1.94. The number of fused-ring (bicyclic) bond motifs is 3. The second kappa shape index (κ2) is 5.10. The average Bonchev–Trinajstić information content (AvgIpc) is 3.05. The molecule has 4 rings (SSSR count). The largest absolute Gasteiger partial charge is 0.372 e. The van der Waals surface area contributed by atoms with E-state index >= 15 is 0 Å². The van der Waals surface area contributed by atoms with E-state index in [0.717, 1.165) is 20.6 Å². The Labute approximate surface area is 148 Å². The first-order chi connectivity index (χ1) is 11.4. The molecule has 0 unspecified atom stereocenters. The molecule has 0 saturated heterocycles. The van der Waals surface area contributed by atoms with Crippen LogP contribution in [0.15, 0.2) is 23.0 Å². The monoisotopic (exact) mass is 380 g/mol. The summed E-state index contributed by atoms with van der Waals surface area (Å²) in [4.78, 5) is 39.0. The maximum absolute atomic E-state index is 12.8. The Bertz CT molecular complexity index is 1120. The number of carbonyl (C=O) groups excluding carboxylic acids is 2. The van der Waals surface area contributed by atoms with Crippen LogP contribution in [-0.4, -0.2) is 26.4 Å². The van der Waals surface area contributed by atoms with Gasteiger partial charge in [-0.25, -0.2) is 14.1 Å². The predicted molar refractivity (Wildman–Crippen MR) is 89.5 cm³/mol. The Morgan fingerprint density at radius 3 is 2.58 bits per heavy atom. The quantitative estimate of drug-likeness (QED) is 0.605. The molecule has 7 nitrogen and oxygen atoms in total. The minimum Gasteiger partial charge on any atom is -0.267 e. The second-order valence-corrected chi connectivity index (χ2v) is 6.87. The van der Waals surface area contributed by atoms with Crippen LogP contribution in [-0.2, 0) is 0 Å². The van der Waals surface area contributed by atoms with Crippen LogP contribution >= 0.6 is 34.5 Å². The zero-order valence-corrected chi connectivity index (χ0v) is 14.2. The number of aryl methyl sites for hydroxylation is 1. The highest BCUT2D eigenvalue weighted by molar-refractivity contribution is 7.20. The molecule has 0 aliphatic carbocycles. The van der Waals surface area contributed by atoms with Gasteiger partial charge in [-0.3, -0.25) is 9.59 Å². The zero-order chi connectivity index (χ0) is 17.2.